The van der Waals surface area contributed by atoms with Crippen LogP contribution in [-0.2, 0) is 23.0 Å². The van der Waals surface area contributed by atoms with Gasteiger partial charge in [-0.3, -0.25) is 0 Å². The molecule has 6 nitrogen and oxygen atoms in total. The van der Waals surface area contributed by atoms with Crippen LogP contribution in [0.5, 0.6) is 0 Å². The summed E-state index contributed by atoms with van der Waals surface area (Å²) in [6.07, 6.45) is 0.398. The molecule has 0 saturated heterocycles. The summed E-state index contributed by atoms with van der Waals surface area (Å²) in [5, 5.41) is 13.3. The van der Waals surface area contributed by atoms with Gasteiger partial charge in [0.05, 0.1) is 0 Å². The first-order chi connectivity index (χ1) is 9.79. The highest BCUT2D eigenvalue weighted by Crippen LogP contribution is 2.20. The van der Waals surface area contributed by atoms with Crippen LogP contribution >= 0.6 is 11.6 Å². The van der Waals surface area contributed by atoms with Crippen molar-refractivity contribution in [3.05, 3.63) is 40.7 Å². The molecule has 2 N–H and O–H groups in total. The number of halogens is 1. The first-order valence-electron chi connectivity index (χ1n) is 6.47. The SMILES string of the molecule is CC(C)Cn1c(Cc2ccccc2Cl)nnc1S(N)(=O)=O. The van der Waals surface area contributed by atoms with Crippen molar-refractivity contribution < 1.29 is 8.42 Å². The number of primary sulfonamides is 1. The van der Waals surface area contributed by atoms with Crippen molar-refractivity contribution in [3.63, 3.8) is 0 Å². The number of aromatic nitrogens is 3. The van der Waals surface area contributed by atoms with Gasteiger partial charge in [0.25, 0.3) is 15.2 Å². The molecule has 8 heteroatoms. The average molecular weight is 329 g/mol. The molecule has 0 bridgehead atoms. The zero-order valence-corrected chi connectivity index (χ0v) is 13.4. The van der Waals surface area contributed by atoms with Gasteiger partial charge in [0.1, 0.15) is 5.82 Å². The molecule has 1 aromatic carbocycles. The van der Waals surface area contributed by atoms with Gasteiger partial charge in [-0.2, -0.15) is 0 Å². The van der Waals surface area contributed by atoms with E-state index in [2.05, 4.69) is 10.2 Å². The van der Waals surface area contributed by atoms with E-state index < -0.39 is 10.0 Å². The Hall–Kier alpha value is -1.44. The van der Waals surface area contributed by atoms with Crippen LogP contribution < -0.4 is 5.14 Å². The fourth-order valence-electron chi connectivity index (χ4n) is 2.02. The van der Waals surface area contributed by atoms with Crippen molar-refractivity contribution in [3.8, 4) is 0 Å². The smallest absolute Gasteiger partial charge is 0.273 e. The summed E-state index contributed by atoms with van der Waals surface area (Å²) >= 11 is 6.13. The van der Waals surface area contributed by atoms with Crippen molar-refractivity contribution in [2.45, 2.75) is 32.0 Å². The third-order valence-corrected chi connectivity index (χ3v) is 4.08. The summed E-state index contributed by atoms with van der Waals surface area (Å²) in [5.41, 5.74) is 0.859. The second kappa shape index (κ2) is 6.13. The van der Waals surface area contributed by atoms with Crippen LogP contribution in [0, 0.1) is 5.92 Å². The number of benzene rings is 1. The normalized spacial score (nSPS) is 12.0. The number of sulfonamides is 1. The van der Waals surface area contributed by atoms with Gasteiger partial charge in [0.15, 0.2) is 0 Å². The van der Waals surface area contributed by atoms with Crippen molar-refractivity contribution in [2.24, 2.45) is 11.1 Å². The van der Waals surface area contributed by atoms with E-state index in [1.54, 1.807) is 10.6 Å². The van der Waals surface area contributed by atoms with Crippen molar-refractivity contribution in [1.82, 2.24) is 14.8 Å². The topological polar surface area (TPSA) is 90.9 Å². The Morgan fingerprint density at radius 2 is 1.95 bits per heavy atom. The van der Waals surface area contributed by atoms with E-state index in [9.17, 15) is 8.42 Å². The lowest BCUT2D eigenvalue weighted by Crippen LogP contribution is -2.21. The van der Waals surface area contributed by atoms with Gasteiger partial charge < -0.3 is 4.57 Å². The first-order valence-corrected chi connectivity index (χ1v) is 8.39. The third-order valence-electron chi connectivity index (χ3n) is 2.90. The highest BCUT2D eigenvalue weighted by atomic mass is 35.5. The summed E-state index contributed by atoms with van der Waals surface area (Å²) in [6, 6.07) is 7.35. The molecule has 0 amide bonds. The van der Waals surface area contributed by atoms with Gasteiger partial charge in [-0.05, 0) is 17.5 Å². The van der Waals surface area contributed by atoms with Gasteiger partial charge in [0, 0.05) is 18.0 Å². The maximum absolute atomic E-state index is 11.6. The Bertz CT molecular complexity index is 740. The Balaban J connectivity index is 2.45. The van der Waals surface area contributed by atoms with Gasteiger partial charge in [-0.1, -0.05) is 43.6 Å². The maximum atomic E-state index is 11.6. The standard InChI is InChI=1S/C13H17ClN4O2S/c1-9(2)8-18-12(16-17-13(18)21(15,19)20)7-10-5-3-4-6-11(10)14/h3-6,9H,7-8H2,1-2H3,(H2,15,19,20). The molecular formula is C13H17ClN4O2S. The van der Waals surface area contributed by atoms with Crippen LogP contribution in [0.25, 0.3) is 0 Å². The number of hydrogen-bond acceptors (Lipinski definition) is 4. The molecular weight excluding hydrogens is 312 g/mol. The summed E-state index contributed by atoms with van der Waals surface area (Å²) in [6.45, 7) is 4.43. The molecule has 1 heterocycles. The van der Waals surface area contributed by atoms with Gasteiger partial charge in [-0.25, -0.2) is 13.6 Å². The lowest BCUT2D eigenvalue weighted by molar-refractivity contribution is 0.472. The second-order valence-electron chi connectivity index (χ2n) is 5.22. The molecule has 1 aromatic heterocycles. The minimum Gasteiger partial charge on any atom is -0.300 e. The molecule has 0 radical (unpaired) electrons. The van der Waals surface area contributed by atoms with E-state index in [0.717, 1.165) is 5.56 Å². The minimum absolute atomic E-state index is 0.210. The quantitative estimate of drug-likeness (QED) is 0.906. The predicted octanol–water partition coefficient (Wildman–Crippen LogP) is 1.83. The summed E-state index contributed by atoms with van der Waals surface area (Å²) in [5.74, 6) is 0.757. The first kappa shape index (κ1) is 15.9. The van der Waals surface area contributed by atoms with E-state index in [0.29, 0.717) is 23.8 Å². The van der Waals surface area contributed by atoms with Crippen molar-refractivity contribution in [2.75, 3.05) is 0 Å². The Morgan fingerprint density at radius 1 is 1.29 bits per heavy atom. The van der Waals surface area contributed by atoms with E-state index in [1.165, 1.54) is 0 Å². The number of hydrogen-bond donors (Lipinski definition) is 1. The lowest BCUT2D eigenvalue weighted by atomic mass is 10.1. The molecule has 0 saturated carbocycles. The zero-order chi connectivity index (χ0) is 15.6. The van der Waals surface area contributed by atoms with Gasteiger partial charge >= 0.3 is 0 Å². The van der Waals surface area contributed by atoms with Gasteiger partial charge in [0.2, 0.25) is 0 Å². The molecule has 114 valence electrons. The summed E-state index contributed by atoms with van der Waals surface area (Å²) in [4.78, 5) is 0. The highest BCUT2D eigenvalue weighted by molar-refractivity contribution is 7.89. The molecule has 0 atom stereocenters. The lowest BCUT2D eigenvalue weighted by Gasteiger charge is -2.12. The zero-order valence-electron chi connectivity index (χ0n) is 11.8. The molecule has 0 fully saturated rings. The van der Waals surface area contributed by atoms with E-state index >= 15 is 0 Å². The van der Waals surface area contributed by atoms with Crippen molar-refractivity contribution >= 4 is 21.6 Å². The maximum Gasteiger partial charge on any atom is 0.273 e. The molecule has 0 spiro atoms. The Morgan fingerprint density at radius 3 is 2.52 bits per heavy atom. The van der Waals surface area contributed by atoms with Crippen LogP contribution in [0.4, 0.5) is 0 Å². The molecule has 0 aliphatic heterocycles. The minimum atomic E-state index is -3.90. The summed E-state index contributed by atoms with van der Waals surface area (Å²) < 4.78 is 24.7. The van der Waals surface area contributed by atoms with Crippen LogP contribution in [0.2, 0.25) is 5.02 Å². The Labute approximate surface area is 129 Å². The number of rotatable bonds is 5. The predicted molar refractivity (Wildman–Crippen MR) is 80.5 cm³/mol. The second-order valence-corrected chi connectivity index (χ2v) is 7.08. The molecule has 0 aliphatic carbocycles. The van der Waals surface area contributed by atoms with Gasteiger partial charge in [-0.15, -0.1) is 10.2 Å². The third kappa shape index (κ3) is 3.81. The highest BCUT2D eigenvalue weighted by Gasteiger charge is 2.22. The van der Waals surface area contributed by atoms with Crippen LogP contribution in [0.3, 0.4) is 0 Å². The molecule has 21 heavy (non-hydrogen) atoms. The van der Waals surface area contributed by atoms with Crippen LogP contribution in [0.1, 0.15) is 25.2 Å². The molecule has 0 aliphatic rings. The molecule has 2 rings (SSSR count). The number of nitrogens with two attached hydrogens (primary N) is 1. The molecule has 2 aromatic rings. The monoisotopic (exact) mass is 328 g/mol. The van der Waals surface area contributed by atoms with Crippen LogP contribution in [0.15, 0.2) is 29.4 Å². The molecule has 0 unspecified atom stereocenters. The Kier molecular flexibility index (Phi) is 4.65. The summed E-state index contributed by atoms with van der Waals surface area (Å²) in [7, 11) is -3.90. The van der Waals surface area contributed by atoms with E-state index in [1.807, 2.05) is 32.0 Å². The number of nitrogens with zero attached hydrogens (tertiary/aromatic N) is 3. The van der Waals surface area contributed by atoms with Crippen LogP contribution in [-0.4, -0.2) is 23.2 Å². The van der Waals surface area contributed by atoms with E-state index in [4.69, 9.17) is 16.7 Å². The van der Waals surface area contributed by atoms with E-state index in [-0.39, 0.29) is 11.1 Å². The largest absolute Gasteiger partial charge is 0.300 e. The van der Waals surface area contributed by atoms with Crippen molar-refractivity contribution in [1.29, 1.82) is 0 Å². The fourth-order valence-corrected chi connectivity index (χ4v) is 2.87. The fraction of sp³-hybridized carbons (Fsp3) is 0.385. The average Bonchev–Trinajstić information content (AvgIpc) is 2.74.